The Morgan fingerprint density at radius 3 is 3.22 bits per heavy atom. The summed E-state index contributed by atoms with van der Waals surface area (Å²) < 4.78 is 5.45. The summed E-state index contributed by atoms with van der Waals surface area (Å²) in [5, 5.41) is -0.580. The van der Waals surface area contributed by atoms with Gasteiger partial charge in [-0.2, -0.15) is 0 Å². The van der Waals surface area contributed by atoms with Crippen molar-refractivity contribution in [2.24, 2.45) is 10.7 Å². The molecule has 6 nitrogen and oxygen atoms in total. The van der Waals surface area contributed by atoms with E-state index in [0.29, 0.717) is 31.4 Å². The average Bonchev–Trinajstić information content (AvgIpc) is 2.38. The van der Waals surface area contributed by atoms with Gasteiger partial charge in [-0.15, -0.1) is 0 Å². The molecule has 7 heteroatoms. The highest BCUT2D eigenvalue weighted by molar-refractivity contribution is 6.67. The first kappa shape index (κ1) is 11.4. The summed E-state index contributed by atoms with van der Waals surface area (Å²) in [5.74, 6) is 0.461. The summed E-state index contributed by atoms with van der Waals surface area (Å²) in [6.45, 7) is 1.82. The van der Waals surface area contributed by atoms with E-state index < -0.39 is 5.24 Å². The maximum Gasteiger partial charge on any atom is 0.270 e. The molecule has 0 aromatic carbocycles. The van der Waals surface area contributed by atoms with Crippen molar-refractivity contribution in [2.45, 2.75) is 6.04 Å². The number of carbonyl (C=O) groups excluding carboxylic acids is 1. The van der Waals surface area contributed by atoms with Crippen LogP contribution in [0.1, 0.15) is 22.1 Å². The van der Waals surface area contributed by atoms with Crippen molar-refractivity contribution >= 4 is 28.5 Å². The highest BCUT2D eigenvalue weighted by atomic mass is 35.5. The Morgan fingerprint density at radius 1 is 1.61 bits per heavy atom. The first-order valence-electron chi connectivity index (χ1n) is 5.55. The van der Waals surface area contributed by atoms with Crippen LogP contribution in [0.4, 0.5) is 5.69 Å². The number of pyridine rings is 1. The minimum atomic E-state index is -0.580. The summed E-state index contributed by atoms with van der Waals surface area (Å²) >= 11 is 5.44. The molecule has 2 N–H and O–H groups in total. The van der Waals surface area contributed by atoms with Gasteiger partial charge in [0.25, 0.3) is 5.24 Å². The molecular formula is C11H11ClN4O2. The average molecular weight is 267 g/mol. The largest absolute Gasteiger partial charge is 0.377 e. The van der Waals surface area contributed by atoms with Crippen molar-refractivity contribution in [3.05, 3.63) is 23.5 Å². The van der Waals surface area contributed by atoms with Crippen LogP contribution in [0.15, 0.2) is 17.3 Å². The van der Waals surface area contributed by atoms with Crippen LogP contribution in [-0.4, -0.2) is 40.8 Å². The topological polar surface area (TPSA) is 80.8 Å². The van der Waals surface area contributed by atoms with Gasteiger partial charge in [-0.05, 0) is 17.7 Å². The molecule has 3 rings (SSSR count). The third kappa shape index (κ3) is 1.74. The van der Waals surface area contributed by atoms with Gasteiger partial charge in [0.15, 0.2) is 5.96 Å². The molecule has 1 atom stereocenters. The normalized spacial score (nSPS) is 21.9. The molecule has 0 radical (unpaired) electrons. The summed E-state index contributed by atoms with van der Waals surface area (Å²) in [4.78, 5) is 21.4. The molecule has 0 aliphatic carbocycles. The molecule has 0 amide bonds. The number of halogens is 1. The SMILES string of the molecule is NC1=Nc2cnc(C(=O)Cl)cc2[C@@H]2COCCN12. The predicted octanol–water partition coefficient (Wildman–Crippen LogP) is 0.794. The lowest BCUT2D eigenvalue weighted by atomic mass is 10.0. The van der Waals surface area contributed by atoms with Crippen LogP contribution in [0.25, 0.3) is 0 Å². The first-order chi connectivity index (χ1) is 8.66. The quantitative estimate of drug-likeness (QED) is 0.760. The van der Waals surface area contributed by atoms with E-state index in [1.54, 1.807) is 6.07 Å². The summed E-state index contributed by atoms with van der Waals surface area (Å²) in [6.07, 6.45) is 1.52. The molecular weight excluding hydrogens is 256 g/mol. The Morgan fingerprint density at radius 2 is 2.44 bits per heavy atom. The maximum atomic E-state index is 11.2. The molecule has 1 aromatic rings. The second-order valence-corrected chi connectivity index (χ2v) is 4.50. The van der Waals surface area contributed by atoms with Gasteiger partial charge in [-0.3, -0.25) is 4.79 Å². The van der Waals surface area contributed by atoms with Crippen molar-refractivity contribution in [1.29, 1.82) is 0 Å². The lowest BCUT2D eigenvalue weighted by molar-refractivity contribution is 0.0241. The van der Waals surface area contributed by atoms with E-state index >= 15 is 0 Å². The van der Waals surface area contributed by atoms with Crippen LogP contribution in [0.5, 0.6) is 0 Å². The number of morpholine rings is 1. The van der Waals surface area contributed by atoms with E-state index in [1.165, 1.54) is 6.20 Å². The zero-order valence-electron chi connectivity index (χ0n) is 9.47. The maximum absolute atomic E-state index is 11.2. The van der Waals surface area contributed by atoms with Gasteiger partial charge in [0, 0.05) is 12.1 Å². The number of rotatable bonds is 1. The standard InChI is InChI=1S/C11H11ClN4O2/c12-10(17)7-3-6-8(4-14-7)15-11(13)16-1-2-18-5-9(6)16/h3-4,9H,1-2,5H2,(H2,13,15)/t9-/m0/s1. The first-order valence-corrected chi connectivity index (χ1v) is 5.93. The number of aliphatic imine (C=N–C) groups is 1. The molecule has 18 heavy (non-hydrogen) atoms. The molecule has 2 aliphatic rings. The van der Waals surface area contributed by atoms with Gasteiger partial charge >= 0.3 is 0 Å². The van der Waals surface area contributed by atoms with Crippen molar-refractivity contribution in [1.82, 2.24) is 9.88 Å². The minimum absolute atomic E-state index is 0.0241. The van der Waals surface area contributed by atoms with E-state index in [4.69, 9.17) is 22.1 Å². The van der Waals surface area contributed by atoms with Crippen molar-refractivity contribution in [2.75, 3.05) is 19.8 Å². The molecule has 0 unspecified atom stereocenters. The second kappa shape index (κ2) is 4.22. The van der Waals surface area contributed by atoms with E-state index in [1.807, 2.05) is 4.90 Å². The Balaban J connectivity index is 2.10. The van der Waals surface area contributed by atoms with Crippen LogP contribution < -0.4 is 5.73 Å². The Labute approximate surface area is 108 Å². The van der Waals surface area contributed by atoms with Crippen molar-refractivity contribution in [3.63, 3.8) is 0 Å². The number of guanidine groups is 1. The molecule has 1 saturated heterocycles. The highest BCUT2D eigenvalue weighted by Crippen LogP contribution is 2.35. The predicted molar refractivity (Wildman–Crippen MR) is 66.0 cm³/mol. The van der Waals surface area contributed by atoms with Gasteiger partial charge < -0.3 is 15.4 Å². The second-order valence-electron chi connectivity index (χ2n) is 4.16. The minimum Gasteiger partial charge on any atom is -0.377 e. The lowest BCUT2D eigenvalue weighted by Crippen LogP contribution is -2.48. The zero-order chi connectivity index (χ0) is 12.7. The molecule has 1 fully saturated rings. The fraction of sp³-hybridized carbons (Fsp3) is 0.364. The van der Waals surface area contributed by atoms with Gasteiger partial charge in [-0.1, -0.05) is 0 Å². The third-order valence-corrected chi connectivity index (χ3v) is 3.33. The highest BCUT2D eigenvalue weighted by Gasteiger charge is 2.32. The Kier molecular flexibility index (Phi) is 2.68. The molecule has 0 bridgehead atoms. The number of ether oxygens (including phenoxy) is 1. The fourth-order valence-corrected chi connectivity index (χ4v) is 2.36. The summed E-state index contributed by atoms with van der Waals surface area (Å²) in [6, 6.07) is 1.64. The van der Waals surface area contributed by atoms with E-state index in [0.717, 1.165) is 5.56 Å². The molecule has 0 saturated carbocycles. The van der Waals surface area contributed by atoms with E-state index in [9.17, 15) is 4.79 Å². The van der Waals surface area contributed by atoms with Crippen LogP contribution in [0.2, 0.25) is 0 Å². The van der Waals surface area contributed by atoms with Gasteiger partial charge in [0.05, 0.1) is 31.1 Å². The summed E-state index contributed by atoms with van der Waals surface area (Å²) in [5.41, 5.74) is 7.67. The number of hydrogen-bond donors (Lipinski definition) is 1. The fourth-order valence-electron chi connectivity index (χ4n) is 2.25. The number of aromatic nitrogens is 1. The van der Waals surface area contributed by atoms with Crippen LogP contribution in [-0.2, 0) is 4.74 Å². The van der Waals surface area contributed by atoms with Gasteiger partial charge in [0.2, 0.25) is 0 Å². The number of nitrogens with two attached hydrogens (primary N) is 1. The zero-order valence-corrected chi connectivity index (χ0v) is 10.2. The Hall–Kier alpha value is -1.66. The number of hydrogen-bond acceptors (Lipinski definition) is 6. The molecule has 94 valence electrons. The smallest absolute Gasteiger partial charge is 0.270 e. The lowest BCUT2D eigenvalue weighted by Gasteiger charge is -2.39. The van der Waals surface area contributed by atoms with Crippen molar-refractivity contribution in [3.8, 4) is 0 Å². The van der Waals surface area contributed by atoms with Gasteiger partial charge in [0.1, 0.15) is 5.69 Å². The summed E-state index contributed by atoms with van der Waals surface area (Å²) in [7, 11) is 0. The monoisotopic (exact) mass is 266 g/mol. The Bertz CT molecular complexity index is 546. The van der Waals surface area contributed by atoms with Crippen molar-refractivity contribution < 1.29 is 9.53 Å². The molecule has 3 heterocycles. The number of nitrogens with zero attached hydrogens (tertiary/aromatic N) is 3. The van der Waals surface area contributed by atoms with Gasteiger partial charge in [-0.25, -0.2) is 9.98 Å². The van der Waals surface area contributed by atoms with Crippen LogP contribution in [0, 0.1) is 0 Å². The van der Waals surface area contributed by atoms with Crippen LogP contribution in [0.3, 0.4) is 0 Å². The van der Waals surface area contributed by atoms with E-state index in [-0.39, 0.29) is 11.7 Å². The number of carbonyl (C=O) groups is 1. The number of fused-ring (bicyclic) bond motifs is 3. The van der Waals surface area contributed by atoms with Crippen LogP contribution >= 0.6 is 11.6 Å². The van der Waals surface area contributed by atoms with E-state index in [2.05, 4.69) is 9.98 Å². The molecule has 2 aliphatic heterocycles. The third-order valence-electron chi connectivity index (χ3n) is 3.13. The molecule has 0 spiro atoms. The molecule has 1 aromatic heterocycles.